The zero-order chi connectivity index (χ0) is 10.4. The quantitative estimate of drug-likeness (QED) is 0.724. The molecule has 0 saturated carbocycles. The van der Waals surface area contributed by atoms with Gasteiger partial charge in [-0.1, -0.05) is 17.7 Å². The van der Waals surface area contributed by atoms with Crippen molar-refractivity contribution in [2.45, 2.75) is 20.3 Å². The summed E-state index contributed by atoms with van der Waals surface area (Å²) < 4.78 is 5.65. The summed E-state index contributed by atoms with van der Waals surface area (Å²) in [4.78, 5) is 0. The number of hydrogen-bond acceptors (Lipinski definition) is 2. The van der Waals surface area contributed by atoms with E-state index in [1.54, 1.807) is 0 Å². The maximum atomic E-state index is 5.65. The van der Waals surface area contributed by atoms with Gasteiger partial charge in [-0.2, -0.15) is 0 Å². The van der Waals surface area contributed by atoms with Gasteiger partial charge in [0.25, 0.3) is 0 Å². The fourth-order valence-corrected chi connectivity index (χ4v) is 1.39. The van der Waals surface area contributed by atoms with E-state index < -0.39 is 0 Å². The SMILES string of the molecule is CNCCCOc1ccc(C)cc1C. The Bertz CT molecular complexity index is 284. The van der Waals surface area contributed by atoms with Crippen molar-refractivity contribution in [3.63, 3.8) is 0 Å². The van der Waals surface area contributed by atoms with Crippen molar-refractivity contribution in [2.75, 3.05) is 20.2 Å². The van der Waals surface area contributed by atoms with Crippen LogP contribution in [0.25, 0.3) is 0 Å². The average Bonchev–Trinajstić information content (AvgIpc) is 2.15. The third-order valence-electron chi connectivity index (χ3n) is 2.16. The molecule has 78 valence electrons. The predicted octanol–water partition coefficient (Wildman–Crippen LogP) is 2.29. The Morgan fingerprint density at radius 2 is 2.07 bits per heavy atom. The highest BCUT2D eigenvalue weighted by Gasteiger charge is 1.98. The first-order valence-corrected chi connectivity index (χ1v) is 5.08. The number of benzene rings is 1. The zero-order valence-corrected chi connectivity index (χ0v) is 9.26. The molecule has 1 aromatic rings. The van der Waals surface area contributed by atoms with Crippen LogP contribution in [-0.2, 0) is 0 Å². The van der Waals surface area contributed by atoms with Gasteiger partial charge in [-0.25, -0.2) is 0 Å². The van der Waals surface area contributed by atoms with Crippen LogP contribution in [0.1, 0.15) is 17.5 Å². The van der Waals surface area contributed by atoms with Crippen molar-refractivity contribution >= 4 is 0 Å². The van der Waals surface area contributed by atoms with Gasteiger partial charge in [-0.05, 0) is 45.5 Å². The van der Waals surface area contributed by atoms with Crippen molar-refractivity contribution in [2.24, 2.45) is 0 Å². The van der Waals surface area contributed by atoms with Gasteiger partial charge in [0, 0.05) is 0 Å². The number of nitrogens with one attached hydrogen (secondary N) is 1. The van der Waals surface area contributed by atoms with Gasteiger partial charge >= 0.3 is 0 Å². The second-order valence-electron chi connectivity index (χ2n) is 3.57. The summed E-state index contributed by atoms with van der Waals surface area (Å²) in [7, 11) is 1.96. The van der Waals surface area contributed by atoms with Crippen molar-refractivity contribution in [3.05, 3.63) is 29.3 Å². The Labute approximate surface area is 86.3 Å². The van der Waals surface area contributed by atoms with Crippen LogP contribution in [0.3, 0.4) is 0 Å². The van der Waals surface area contributed by atoms with Gasteiger partial charge in [0.1, 0.15) is 5.75 Å². The van der Waals surface area contributed by atoms with E-state index in [-0.39, 0.29) is 0 Å². The second-order valence-corrected chi connectivity index (χ2v) is 3.57. The largest absolute Gasteiger partial charge is 0.493 e. The number of aryl methyl sites for hydroxylation is 2. The fraction of sp³-hybridized carbons (Fsp3) is 0.500. The first kappa shape index (κ1) is 11.1. The number of hydrogen-bond donors (Lipinski definition) is 1. The molecule has 1 rings (SSSR count). The van der Waals surface area contributed by atoms with E-state index >= 15 is 0 Å². The molecular formula is C12H19NO. The van der Waals surface area contributed by atoms with Gasteiger partial charge in [0.05, 0.1) is 6.61 Å². The van der Waals surface area contributed by atoms with Crippen molar-refractivity contribution in [3.8, 4) is 5.75 Å². The Morgan fingerprint density at radius 3 is 2.71 bits per heavy atom. The van der Waals surface area contributed by atoms with Crippen LogP contribution >= 0.6 is 0 Å². The zero-order valence-electron chi connectivity index (χ0n) is 9.26. The van der Waals surface area contributed by atoms with Gasteiger partial charge in [0.15, 0.2) is 0 Å². The third kappa shape index (κ3) is 3.38. The summed E-state index contributed by atoms with van der Waals surface area (Å²) in [5.74, 6) is 1.01. The molecule has 0 aliphatic rings. The first-order chi connectivity index (χ1) is 6.74. The first-order valence-electron chi connectivity index (χ1n) is 5.08. The van der Waals surface area contributed by atoms with Crippen LogP contribution < -0.4 is 10.1 Å². The van der Waals surface area contributed by atoms with Gasteiger partial charge in [0.2, 0.25) is 0 Å². The predicted molar refractivity (Wildman–Crippen MR) is 60.0 cm³/mol. The summed E-state index contributed by atoms with van der Waals surface area (Å²) in [5, 5.41) is 3.10. The van der Waals surface area contributed by atoms with Crippen LogP contribution in [0.2, 0.25) is 0 Å². The van der Waals surface area contributed by atoms with E-state index in [9.17, 15) is 0 Å². The van der Waals surface area contributed by atoms with Crippen LogP contribution in [0.5, 0.6) is 5.75 Å². The van der Waals surface area contributed by atoms with E-state index in [4.69, 9.17) is 4.74 Å². The normalized spacial score (nSPS) is 10.2. The Balaban J connectivity index is 2.42. The van der Waals surface area contributed by atoms with Crippen LogP contribution in [0.15, 0.2) is 18.2 Å². The summed E-state index contributed by atoms with van der Waals surface area (Å²) in [5.41, 5.74) is 2.50. The lowest BCUT2D eigenvalue weighted by atomic mass is 10.1. The molecule has 0 spiro atoms. The van der Waals surface area contributed by atoms with Crippen LogP contribution in [0, 0.1) is 13.8 Å². The molecule has 0 fully saturated rings. The lowest BCUT2D eigenvalue weighted by Gasteiger charge is -2.09. The molecule has 0 radical (unpaired) electrons. The minimum absolute atomic E-state index is 0.782. The molecule has 0 unspecified atom stereocenters. The van der Waals surface area contributed by atoms with Crippen LogP contribution in [0.4, 0.5) is 0 Å². The van der Waals surface area contributed by atoms with E-state index in [2.05, 4.69) is 31.3 Å². The Hall–Kier alpha value is -1.02. The molecule has 0 saturated heterocycles. The third-order valence-corrected chi connectivity index (χ3v) is 2.16. The maximum Gasteiger partial charge on any atom is 0.122 e. The van der Waals surface area contributed by atoms with E-state index in [0.29, 0.717) is 0 Å². The minimum atomic E-state index is 0.782. The highest BCUT2D eigenvalue weighted by atomic mass is 16.5. The highest BCUT2D eigenvalue weighted by Crippen LogP contribution is 2.18. The van der Waals surface area contributed by atoms with Gasteiger partial charge in [-0.3, -0.25) is 0 Å². The molecule has 14 heavy (non-hydrogen) atoms. The lowest BCUT2D eigenvalue weighted by molar-refractivity contribution is 0.308. The molecule has 2 nitrogen and oxygen atoms in total. The number of ether oxygens (including phenoxy) is 1. The Kier molecular flexibility index (Phi) is 4.47. The molecular weight excluding hydrogens is 174 g/mol. The Morgan fingerprint density at radius 1 is 1.29 bits per heavy atom. The molecule has 0 aliphatic carbocycles. The van der Waals surface area contributed by atoms with Gasteiger partial charge < -0.3 is 10.1 Å². The summed E-state index contributed by atoms with van der Waals surface area (Å²) in [6.07, 6.45) is 1.05. The number of rotatable bonds is 5. The van der Waals surface area contributed by atoms with Crippen molar-refractivity contribution in [1.82, 2.24) is 5.32 Å². The lowest BCUT2D eigenvalue weighted by Crippen LogP contribution is -2.11. The highest BCUT2D eigenvalue weighted by molar-refractivity contribution is 5.35. The molecule has 0 amide bonds. The fourth-order valence-electron chi connectivity index (χ4n) is 1.39. The second kappa shape index (κ2) is 5.66. The molecule has 0 heterocycles. The standard InChI is InChI=1S/C12H19NO/c1-10-5-6-12(11(2)9-10)14-8-4-7-13-3/h5-6,9,13H,4,7-8H2,1-3H3. The average molecular weight is 193 g/mol. The smallest absolute Gasteiger partial charge is 0.122 e. The summed E-state index contributed by atoms with van der Waals surface area (Å²) in [6, 6.07) is 6.28. The van der Waals surface area contributed by atoms with E-state index in [1.807, 2.05) is 13.1 Å². The molecule has 0 atom stereocenters. The van der Waals surface area contributed by atoms with Crippen molar-refractivity contribution < 1.29 is 4.74 Å². The molecule has 0 aliphatic heterocycles. The molecule has 1 aromatic carbocycles. The van der Waals surface area contributed by atoms with E-state index in [0.717, 1.165) is 25.3 Å². The minimum Gasteiger partial charge on any atom is -0.493 e. The summed E-state index contributed by atoms with van der Waals surface area (Å²) in [6.45, 7) is 5.97. The van der Waals surface area contributed by atoms with Crippen molar-refractivity contribution in [1.29, 1.82) is 0 Å². The molecule has 2 heteroatoms. The molecule has 1 N–H and O–H groups in total. The summed E-state index contributed by atoms with van der Waals surface area (Å²) >= 11 is 0. The van der Waals surface area contributed by atoms with E-state index in [1.165, 1.54) is 11.1 Å². The monoisotopic (exact) mass is 193 g/mol. The van der Waals surface area contributed by atoms with Crippen LogP contribution in [-0.4, -0.2) is 20.2 Å². The maximum absolute atomic E-state index is 5.65. The van der Waals surface area contributed by atoms with Gasteiger partial charge in [-0.15, -0.1) is 0 Å². The molecule has 0 aromatic heterocycles. The molecule has 0 bridgehead atoms. The topological polar surface area (TPSA) is 21.3 Å².